The van der Waals surface area contributed by atoms with Crippen molar-refractivity contribution in [1.29, 1.82) is 0 Å². The van der Waals surface area contributed by atoms with Crippen molar-refractivity contribution in [3.8, 4) is 0 Å². The first-order chi connectivity index (χ1) is 7.97. The zero-order chi connectivity index (χ0) is 13.3. The molecule has 1 atom stereocenters. The molecular formula is C15H27NO. The molecule has 0 unspecified atom stereocenters. The molecule has 0 aliphatic heterocycles. The molecule has 0 spiro atoms. The van der Waals surface area contributed by atoms with Gasteiger partial charge in [0.1, 0.15) is 0 Å². The molecule has 0 fully saturated rings. The second-order valence-electron chi connectivity index (χ2n) is 4.76. The van der Waals surface area contributed by atoms with Crippen LogP contribution in [0.2, 0.25) is 0 Å². The van der Waals surface area contributed by atoms with E-state index < -0.39 is 0 Å². The highest BCUT2D eigenvalue weighted by Crippen LogP contribution is 2.15. The van der Waals surface area contributed by atoms with Crippen LogP contribution in [0.15, 0.2) is 37.0 Å². The molecule has 0 radical (unpaired) electrons. The molecule has 0 saturated heterocycles. The van der Waals surface area contributed by atoms with Crippen LogP contribution in [0.25, 0.3) is 0 Å². The summed E-state index contributed by atoms with van der Waals surface area (Å²) in [5.74, 6) is 0. The third kappa shape index (κ3) is 8.90. The first-order valence-electron chi connectivity index (χ1n) is 6.19. The Morgan fingerprint density at radius 2 is 2.00 bits per heavy atom. The van der Waals surface area contributed by atoms with E-state index in [1.165, 1.54) is 0 Å². The van der Waals surface area contributed by atoms with Gasteiger partial charge in [-0.15, -0.1) is 0 Å². The molecule has 0 amide bonds. The first-order valence-corrected chi connectivity index (χ1v) is 6.19. The van der Waals surface area contributed by atoms with Crippen LogP contribution in [-0.4, -0.2) is 38.3 Å². The topological polar surface area (TPSA) is 12.5 Å². The van der Waals surface area contributed by atoms with Crippen LogP contribution in [0.1, 0.15) is 26.2 Å². The first kappa shape index (κ1) is 16.1. The summed E-state index contributed by atoms with van der Waals surface area (Å²) in [5, 5.41) is 0. The van der Waals surface area contributed by atoms with Crippen molar-refractivity contribution in [2.75, 3.05) is 27.2 Å². The van der Waals surface area contributed by atoms with Gasteiger partial charge >= 0.3 is 0 Å². The lowest BCUT2D eigenvalue weighted by molar-refractivity contribution is 0.0672. The summed E-state index contributed by atoms with van der Waals surface area (Å²) in [7, 11) is 4.15. The molecule has 0 aromatic carbocycles. The Balaban J connectivity index is 3.87. The van der Waals surface area contributed by atoms with Crippen LogP contribution in [0.3, 0.4) is 0 Å². The van der Waals surface area contributed by atoms with Gasteiger partial charge < -0.3 is 9.64 Å². The summed E-state index contributed by atoms with van der Waals surface area (Å²) in [6, 6.07) is 0. The van der Waals surface area contributed by atoms with Crippen LogP contribution in [0.5, 0.6) is 0 Å². The van der Waals surface area contributed by atoms with Crippen LogP contribution in [0.4, 0.5) is 0 Å². The Labute approximate surface area is 107 Å². The standard InChI is InChI=1S/C15H27NO/c1-7-14(4)9-10-15(13(2)3)17-12-8-11-16(5)6/h7,15H,1-2,4,8-12H2,3,5-6H3/t15-/m1/s1. The minimum absolute atomic E-state index is 0.147. The summed E-state index contributed by atoms with van der Waals surface area (Å²) >= 11 is 0. The van der Waals surface area contributed by atoms with Crippen molar-refractivity contribution in [3.63, 3.8) is 0 Å². The number of hydrogen-bond donors (Lipinski definition) is 0. The zero-order valence-corrected chi connectivity index (χ0v) is 11.7. The van der Waals surface area contributed by atoms with Crippen molar-refractivity contribution < 1.29 is 4.74 Å². The molecule has 0 bridgehead atoms. The molecule has 0 N–H and O–H groups in total. The molecule has 0 saturated carbocycles. The van der Waals surface area contributed by atoms with Crippen molar-refractivity contribution in [2.24, 2.45) is 0 Å². The molecule has 2 heteroatoms. The Morgan fingerprint density at radius 1 is 1.35 bits per heavy atom. The van der Waals surface area contributed by atoms with Crippen LogP contribution < -0.4 is 0 Å². The predicted octanol–water partition coefficient (Wildman–Crippen LogP) is 3.42. The fraction of sp³-hybridized carbons (Fsp3) is 0.600. The summed E-state index contributed by atoms with van der Waals surface area (Å²) in [6.07, 6.45) is 4.88. The van der Waals surface area contributed by atoms with Crippen LogP contribution >= 0.6 is 0 Å². The van der Waals surface area contributed by atoms with E-state index in [4.69, 9.17) is 4.74 Å². The lowest BCUT2D eigenvalue weighted by atomic mass is 10.0. The van der Waals surface area contributed by atoms with E-state index in [0.717, 1.165) is 43.6 Å². The monoisotopic (exact) mass is 237 g/mol. The van der Waals surface area contributed by atoms with E-state index in [9.17, 15) is 0 Å². The maximum atomic E-state index is 5.85. The van der Waals surface area contributed by atoms with Gasteiger partial charge in [-0.1, -0.05) is 37.0 Å². The van der Waals surface area contributed by atoms with E-state index in [0.29, 0.717) is 0 Å². The van der Waals surface area contributed by atoms with Crippen molar-refractivity contribution in [1.82, 2.24) is 4.90 Å². The Kier molecular flexibility index (Phi) is 8.73. The second-order valence-corrected chi connectivity index (χ2v) is 4.76. The molecule has 0 heterocycles. The fourth-order valence-corrected chi connectivity index (χ4v) is 1.50. The van der Waals surface area contributed by atoms with Gasteiger partial charge in [-0.25, -0.2) is 0 Å². The van der Waals surface area contributed by atoms with Crippen LogP contribution in [-0.2, 0) is 4.74 Å². The fourth-order valence-electron chi connectivity index (χ4n) is 1.50. The molecule has 98 valence electrons. The molecule has 0 aliphatic rings. The van der Waals surface area contributed by atoms with Gasteiger partial charge in [-0.3, -0.25) is 0 Å². The Morgan fingerprint density at radius 3 is 2.47 bits per heavy atom. The molecule has 17 heavy (non-hydrogen) atoms. The number of rotatable bonds is 10. The average molecular weight is 237 g/mol. The van der Waals surface area contributed by atoms with Crippen molar-refractivity contribution in [2.45, 2.75) is 32.3 Å². The zero-order valence-electron chi connectivity index (χ0n) is 11.7. The maximum absolute atomic E-state index is 5.85. The number of nitrogens with zero attached hydrogens (tertiary/aromatic N) is 1. The summed E-state index contributed by atoms with van der Waals surface area (Å²) in [5.41, 5.74) is 2.15. The van der Waals surface area contributed by atoms with Gasteiger partial charge in [0, 0.05) is 6.61 Å². The second kappa shape index (κ2) is 9.20. The Hall–Kier alpha value is -0.860. The van der Waals surface area contributed by atoms with Crippen molar-refractivity contribution in [3.05, 3.63) is 37.0 Å². The van der Waals surface area contributed by atoms with Crippen LogP contribution in [0, 0.1) is 0 Å². The normalized spacial score (nSPS) is 12.5. The van der Waals surface area contributed by atoms with Crippen molar-refractivity contribution >= 4 is 0 Å². The quantitative estimate of drug-likeness (QED) is 0.328. The van der Waals surface area contributed by atoms with Gasteiger partial charge in [0.2, 0.25) is 0 Å². The van der Waals surface area contributed by atoms with Gasteiger partial charge in [-0.05, 0) is 46.8 Å². The number of hydrogen-bond acceptors (Lipinski definition) is 2. The lowest BCUT2D eigenvalue weighted by Gasteiger charge is -2.19. The van der Waals surface area contributed by atoms with E-state index in [1.807, 2.05) is 13.0 Å². The highest BCUT2D eigenvalue weighted by Gasteiger charge is 2.09. The summed E-state index contributed by atoms with van der Waals surface area (Å²) in [4.78, 5) is 2.17. The minimum Gasteiger partial charge on any atom is -0.374 e. The average Bonchev–Trinajstić information content (AvgIpc) is 2.26. The van der Waals surface area contributed by atoms with E-state index in [2.05, 4.69) is 38.7 Å². The third-order valence-electron chi connectivity index (χ3n) is 2.63. The van der Waals surface area contributed by atoms with Gasteiger partial charge in [-0.2, -0.15) is 0 Å². The molecule has 0 aromatic rings. The molecule has 0 aromatic heterocycles. The molecule has 0 aliphatic carbocycles. The largest absolute Gasteiger partial charge is 0.374 e. The highest BCUT2D eigenvalue weighted by molar-refractivity contribution is 5.12. The predicted molar refractivity (Wildman–Crippen MR) is 76.3 cm³/mol. The van der Waals surface area contributed by atoms with Gasteiger partial charge in [0.25, 0.3) is 0 Å². The SMILES string of the molecule is C=CC(=C)CC[C@@H](OCCCN(C)C)C(=C)C. The summed E-state index contributed by atoms with van der Waals surface area (Å²) in [6.45, 7) is 15.5. The molecule has 0 rings (SSSR count). The van der Waals surface area contributed by atoms with E-state index in [1.54, 1.807) is 0 Å². The van der Waals surface area contributed by atoms with E-state index in [-0.39, 0.29) is 6.10 Å². The van der Waals surface area contributed by atoms with E-state index >= 15 is 0 Å². The lowest BCUT2D eigenvalue weighted by Crippen LogP contribution is -2.19. The highest BCUT2D eigenvalue weighted by atomic mass is 16.5. The van der Waals surface area contributed by atoms with Gasteiger partial charge in [0.05, 0.1) is 6.10 Å². The minimum atomic E-state index is 0.147. The smallest absolute Gasteiger partial charge is 0.0782 e. The number of allylic oxidation sites excluding steroid dienone is 2. The van der Waals surface area contributed by atoms with Gasteiger partial charge in [0.15, 0.2) is 0 Å². The molecule has 2 nitrogen and oxygen atoms in total. The molecular weight excluding hydrogens is 210 g/mol. The third-order valence-corrected chi connectivity index (χ3v) is 2.63. The summed E-state index contributed by atoms with van der Waals surface area (Å²) < 4.78 is 5.85. The number of ether oxygens (including phenoxy) is 1. The Bertz CT molecular complexity index is 256. The maximum Gasteiger partial charge on any atom is 0.0782 e.